The summed E-state index contributed by atoms with van der Waals surface area (Å²) in [5, 5.41) is 4.27. The minimum absolute atomic E-state index is 0.812. The fourth-order valence-corrected chi connectivity index (χ4v) is 3.35. The van der Waals surface area contributed by atoms with Crippen LogP contribution in [-0.2, 0) is 0 Å². The van der Waals surface area contributed by atoms with Gasteiger partial charge in [-0.1, -0.05) is 17.7 Å². The van der Waals surface area contributed by atoms with Gasteiger partial charge in [0.15, 0.2) is 0 Å². The summed E-state index contributed by atoms with van der Waals surface area (Å²) < 4.78 is 0. The van der Waals surface area contributed by atoms with Gasteiger partial charge in [0, 0.05) is 6.54 Å². The summed E-state index contributed by atoms with van der Waals surface area (Å²) in [5.74, 6) is 3.41. The van der Waals surface area contributed by atoms with Gasteiger partial charge in [-0.25, -0.2) is 0 Å². The number of benzene rings is 1. The number of thioether (sulfide) groups is 1. The van der Waals surface area contributed by atoms with Crippen LogP contribution in [0.3, 0.4) is 0 Å². The van der Waals surface area contributed by atoms with Crippen molar-refractivity contribution in [2.45, 2.75) is 13.3 Å². The molecule has 1 N–H and O–H groups in total. The molecule has 1 nitrogen and oxygen atoms in total. The summed E-state index contributed by atoms with van der Waals surface area (Å²) in [5.41, 5.74) is 2.28. The molecule has 1 aliphatic heterocycles. The van der Waals surface area contributed by atoms with Crippen LogP contribution in [0.4, 0.5) is 5.69 Å². The highest BCUT2D eigenvalue weighted by Crippen LogP contribution is 2.26. The van der Waals surface area contributed by atoms with Crippen LogP contribution in [0, 0.1) is 12.8 Å². The van der Waals surface area contributed by atoms with E-state index in [1.165, 1.54) is 23.5 Å². The van der Waals surface area contributed by atoms with Crippen molar-refractivity contribution < 1.29 is 0 Å². The predicted octanol–water partition coefficient (Wildman–Crippen LogP) is 3.81. The molecule has 0 saturated carbocycles. The number of anilines is 1. The van der Waals surface area contributed by atoms with Crippen molar-refractivity contribution in [3.05, 3.63) is 28.8 Å². The summed E-state index contributed by atoms with van der Waals surface area (Å²) >= 11 is 8.20. The molecule has 15 heavy (non-hydrogen) atoms. The van der Waals surface area contributed by atoms with Crippen LogP contribution in [0.1, 0.15) is 12.0 Å². The van der Waals surface area contributed by atoms with Crippen molar-refractivity contribution in [1.82, 2.24) is 0 Å². The number of rotatable bonds is 3. The van der Waals surface area contributed by atoms with Gasteiger partial charge in [-0.05, 0) is 48.5 Å². The Morgan fingerprint density at radius 2 is 2.40 bits per heavy atom. The maximum absolute atomic E-state index is 6.15. The lowest BCUT2D eigenvalue weighted by Crippen LogP contribution is -2.13. The van der Waals surface area contributed by atoms with Gasteiger partial charge in [-0.3, -0.25) is 0 Å². The molecule has 0 aliphatic carbocycles. The van der Waals surface area contributed by atoms with Crippen LogP contribution in [-0.4, -0.2) is 18.1 Å². The lowest BCUT2D eigenvalue weighted by Gasteiger charge is -2.12. The Balaban J connectivity index is 1.92. The van der Waals surface area contributed by atoms with E-state index in [9.17, 15) is 0 Å². The normalized spacial score (nSPS) is 20.5. The van der Waals surface area contributed by atoms with Gasteiger partial charge < -0.3 is 5.32 Å². The van der Waals surface area contributed by atoms with Crippen molar-refractivity contribution in [2.24, 2.45) is 5.92 Å². The minimum Gasteiger partial charge on any atom is -0.384 e. The number of hydrogen-bond donors (Lipinski definition) is 1. The third-order valence-electron chi connectivity index (χ3n) is 2.73. The van der Waals surface area contributed by atoms with Gasteiger partial charge in [0.2, 0.25) is 0 Å². The average Bonchev–Trinajstić information content (AvgIpc) is 2.69. The van der Waals surface area contributed by atoms with E-state index in [4.69, 9.17) is 11.6 Å². The molecule has 1 unspecified atom stereocenters. The topological polar surface area (TPSA) is 12.0 Å². The second kappa shape index (κ2) is 5.13. The highest BCUT2D eigenvalue weighted by atomic mass is 35.5. The zero-order chi connectivity index (χ0) is 10.7. The van der Waals surface area contributed by atoms with Crippen LogP contribution in [0.2, 0.25) is 5.02 Å². The lowest BCUT2D eigenvalue weighted by atomic mass is 10.1. The molecule has 2 rings (SSSR count). The van der Waals surface area contributed by atoms with Gasteiger partial charge in [-0.15, -0.1) is 0 Å². The number of halogens is 1. The SMILES string of the molecule is Cc1ccc(NCC2CCSC2)c(Cl)c1. The first-order chi connectivity index (χ1) is 7.25. The molecule has 1 fully saturated rings. The van der Waals surface area contributed by atoms with Crippen LogP contribution < -0.4 is 5.32 Å². The van der Waals surface area contributed by atoms with E-state index in [1.54, 1.807) is 0 Å². The van der Waals surface area contributed by atoms with Gasteiger partial charge in [-0.2, -0.15) is 11.8 Å². The maximum atomic E-state index is 6.15. The van der Waals surface area contributed by atoms with Crippen molar-refractivity contribution in [2.75, 3.05) is 23.4 Å². The smallest absolute Gasteiger partial charge is 0.0640 e. The summed E-state index contributed by atoms with van der Waals surface area (Å²) in [6.07, 6.45) is 1.33. The minimum atomic E-state index is 0.812. The highest BCUT2D eigenvalue weighted by molar-refractivity contribution is 7.99. The third-order valence-corrected chi connectivity index (χ3v) is 4.27. The number of nitrogens with one attached hydrogen (secondary N) is 1. The Morgan fingerprint density at radius 3 is 3.07 bits per heavy atom. The Bertz CT molecular complexity index is 334. The van der Waals surface area contributed by atoms with E-state index in [0.29, 0.717) is 0 Å². The molecule has 0 spiro atoms. The van der Waals surface area contributed by atoms with Crippen molar-refractivity contribution in [3.8, 4) is 0 Å². The Morgan fingerprint density at radius 1 is 1.53 bits per heavy atom. The standard InChI is InChI=1S/C12H16ClNS/c1-9-2-3-12(11(13)6-9)14-7-10-4-5-15-8-10/h2-3,6,10,14H,4-5,7-8H2,1H3. The molecule has 82 valence electrons. The second-order valence-corrected chi connectivity index (χ2v) is 5.65. The molecule has 1 aromatic carbocycles. The predicted molar refractivity (Wildman–Crippen MR) is 70.1 cm³/mol. The monoisotopic (exact) mass is 241 g/mol. The fraction of sp³-hybridized carbons (Fsp3) is 0.500. The fourth-order valence-electron chi connectivity index (χ4n) is 1.76. The Kier molecular flexibility index (Phi) is 3.81. The molecular formula is C12H16ClNS. The first kappa shape index (κ1) is 11.2. The molecule has 1 saturated heterocycles. The van der Waals surface area contributed by atoms with Crippen molar-refractivity contribution >= 4 is 29.1 Å². The summed E-state index contributed by atoms with van der Waals surface area (Å²) in [7, 11) is 0. The van der Waals surface area contributed by atoms with Crippen LogP contribution >= 0.6 is 23.4 Å². The lowest BCUT2D eigenvalue weighted by molar-refractivity contribution is 0.632. The number of hydrogen-bond acceptors (Lipinski definition) is 2. The van der Waals surface area contributed by atoms with Crippen LogP contribution in [0.15, 0.2) is 18.2 Å². The Hall–Kier alpha value is -0.340. The molecule has 1 aromatic rings. The summed E-state index contributed by atoms with van der Waals surface area (Å²) in [6, 6.07) is 6.17. The molecular weight excluding hydrogens is 226 g/mol. The summed E-state index contributed by atoms with van der Waals surface area (Å²) in [6.45, 7) is 3.11. The molecule has 3 heteroatoms. The van der Waals surface area contributed by atoms with Crippen molar-refractivity contribution in [1.29, 1.82) is 0 Å². The summed E-state index contributed by atoms with van der Waals surface area (Å²) in [4.78, 5) is 0. The third kappa shape index (κ3) is 3.05. The van der Waals surface area contributed by atoms with Crippen molar-refractivity contribution in [3.63, 3.8) is 0 Å². The van der Waals surface area contributed by atoms with E-state index < -0.39 is 0 Å². The largest absolute Gasteiger partial charge is 0.384 e. The highest BCUT2D eigenvalue weighted by Gasteiger charge is 2.15. The maximum Gasteiger partial charge on any atom is 0.0640 e. The van der Waals surface area contributed by atoms with E-state index in [1.807, 2.05) is 6.07 Å². The zero-order valence-corrected chi connectivity index (χ0v) is 10.5. The molecule has 0 bridgehead atoms. The van der Waals surface area contributed by atoms with E-state index in [2.05, 4.69) is 36.1 Å². The molecule has 0 radical (unpaired) electrons. The Labute approximate surface area is 101 Å². The second-order valence-electron chi connectivity index (χ2n) is 4.09. The van der Waals surface area contributed by atoms with Gasteiger partial charge in [0.05, 0.1) is 10.7 Å². The molecule has 0 amide bonds. The quantitative estimate of drug-likeness (QED) is 0.864. The average molecular weight is 242 g/mol. The van der Waals surface area contributed by atoms with Gasteiger partial charge in [0.1, 0.15) is 0 Å². The first-order valence-corrected chi connectivity index (χ1v) is 6.87. The number of aryl methyl sites for hydroxylation is 1. The molecule has 1 heterocycles. The van der Waals surface area contributed by atoms with E-state index in [0.717, 1.165) is 23.2 Å². The molecule has 0 aromatic heterocycles. The van der Waals surface area contributed by atoms with E-state index >= 15 is 0 Å². The molecule has 1 atom stereocenters. The van der Waals surface area contributed by atoms with Gasteiger partial charge in [0.25, 0.3) is 0 Å². The van der Waals surface area contributed by atoms with Gasteiger partial charge >= 0.3 is 0 Å². The molecule has 1 aliphatic rings. The van der Waals surface area contributed by atoms with E-state index in [-0.39, 0.29) is 0 Å². The van der Waals surface area contributed by atoms with Crippen LogP contribution in [0.25, 0.3) is 0 Å². The first-order valence-electron chi connectivity index (χ1n) is 5.33. The van der Waals surface area contributed by atoms with Crippen LogP contribution in [0.5, 0.6) is 0 Å². The zero-order valence-electron chi connectivity index (χ0n) is 8.92.